The molecule has 0 fully saturated rings. The molecule has 5 nitrogen and oxygen atoms in total. The molecule has 0 heterocycles. The molecule has 2 atom stereocenters. The number of halogens is 1. The molecular formula is C10H12ClNO4. The summed E-state index contributed by atoms with van der Waals surface area (Å²) in [5.74, 6) is -0.593. The van der Waals surface area contributed by atoms with Gasteiger partial charge in [0.2, 0.25) is 5.91 Å². The van der Waals surface area contributed by atoms with Crippen LogP contribution in [-0.2, 0) is 4.79 Å². The lowest BCUT2D eigenvalue weighted by Crippen LogP contribution is -2.33. The Kier molecular flexibility index (Phi) is 4.12. The molecule has 6 heteroatoms. The second-order valence-electron chi connectivity index (χ2n) is 3.22. The first-order valence-electron chi connectivity index (χ1n) is 4.45. The van der Waals surface area contributed by atoms with Crippen molar-refractivity contribution in [1.29, 1.82) is 0 Å². The Hall–Kier alpha value is -1.30. The van der Waals surface area contributed by atoms with Gasteiger partial charge in [-0.25, -0.2) is 0 Å². The SMILES string of the molecule is COc1cc(Cl)cc(C(O)C(O)C(N)=O)c1. The molecule has 1 rings (SSSR count). The number of methoxy groups -OCH3 is 1. The largest absolute Gasteiger partial charge is 0.497 e. The number of carbonyl (C=O) groups excluding carboxylic acids is 1. The number of aliphatic hydroxyl groups excluding tert-OH is 2. The van der Waals surface area contributed by atoms with Gasteiger partial charge in [0, 0.05) is 5.02 Å². The minimum Gasteiger partial charge on any atom is -0.497 e. The van der Waals surface area contributed by atoms with Gasteiger partial charge in [0.25, 0.3) is 0 Å². The van der Waals surface area contributed by atoms with Crippen LogP contribution in [0.15, 0.2) is 18.2 Å². The monoisotopic (exact) mass is 245 g/mol. The summed E-state index contributed by atoms with van der Waals surface area (Å²) in [4.78, 5) is 10.7. The molecule has 2 unspecified atom stereocenters. The van der Waals surface area contributed by atoms with Crippen LogP contribution in [0.3, 0.4) is 0 Å². The maximum Gasteiger partial charge on any atom is 0.249 e. The van der Waals surface area contributed by atoms with Crippen molar-refractivity contribution in [2.24, 2.45) is 5.73 Å². The van der Waals surface area contributed by atoms with E-state index in [1.54, 1.807) is 0 Å². The molecule has 0 aliphatic rings. The Morgan fingerprint density at radius 2 is 2.06 bits per heavy atom. The fourth-order valence-electron chi connectivity index (χ4n) is 1.21. The summed E-state index contributed by atoms with van der Waals surface area (Å²) in [6.07, 6.45) is -3.10. The average Bonchev–Trinajstić information content (AvgIpc) is 2.25. The summed E-state index contributed by atoms with van der Waals surface area (Å²) < 4.78 is 4.93. The van der Waals surface area contributed by atoms with Gasteiger partial charge in [-0.1, -0.05) is 11.6 Å². The molecule has 0 radical (unpaired) electrons. The number of aliphatic hydroxyl groups is 2. The lowest BCUT2D eigenvalue weighted by Gasteiger charge is -2.16. The standard InChI is InChI=1S/C10H12ClNO4/c1-16-7-3-5(2-6(11)4-7)8(13)9(14)10(12)15/h2-4,8-9,13-14H,1H3,(H2,12,15). The maximum atomic E-state index is 10.7. The van der Waals surface area contributed by atoms with Crippen molar-refractivity contribution in [3.63, 3.8) is 0 Å². The molecule has 88 valence electrons. The van der Waals surface area contributed by atoms with E-state index in [2.05, 4.69) is 0 Å². The number of primary amides is 1. The zero-order valence-electron chi connectivity index (χ0n) is 8.55. The number of rotatable bonds is 4. The average molecular weight is 246 g/mol. The zero-order chi connectivity index (χ0) is 12.3. The van der Waals surface area contributed by atoms with Crippen LogP contribution in [0.2, 0.25) is 5.02 Å². The number of nitrogens with two attached hydrogens (primary N) is 1. The summed E-state index contributed by atoms with van der Waals surface area (Å²) in [7, 11) is 1.44. The van der Waals surface area contributed by atoms with Crippen molar-refractivity contribution in [3.8, 4) is 5.75 Å². The Bertz CT molecular complexity index is 396. The Morgan fingerprint density at radius 3 is 2.56 bits per heavy atom. The van der Waals surface area contributed by atoms with E-state index in [0.29, 0.717) is 10.8 Å². The van der Waals surface area contributed by atoms with E-state index < -0.39 is 18.1 Å². The van der Waals surface area contributed by atoms with Crippen LogP contribution in [0.25, 0.3) is 0 Å². The molecule has 0 saturated carbocycles. The van der Waals surface area contributed by atoms with Crippen LogP contribution < -0.4 is 10.5 Å². The predicted molar refractivity (Wildman–Crippen MR) is 58.2 cm³/mol. The molecule has 1 aromatic rings. The Morgan fingerprint density at radius 1 is 1.44 bits per heavy atom. The van der Waals surface area contributed by atoms with Crippen LogP contribution in [0.5, 0.6) is 5.75 Å². The van der Waals surface area contributed by atoms with Crippen molar-refractivity contribution in [2.75, 3.05) is 7.11 Å². The van der Waals surface area contributed by atoms with Crippen molar-refractivity contribution in [2.45, 2.75) is 12.2 Å². The summed E-state index contributed by atoms with van der Waals surface area (Å²) >= 11 is 5.77. The van der Waals surface area contributed by atoms with Gasteiger partial charge in [-0.2, -0.15) is 0 Å². The van der Waals surface area contributed by atoms with Gasteiger partial charge in [0.15, 0.2) is 6.10 Å². The van der Waals surface area contributed by atoms with Gasteiger partial charge < -0.3 is 20.7 Å². The van der Waals surface area contributed by atoms with Gasteiger partial charge in [0.05, 0.1) is 7.11 Å². The van der Waals surface area contributed by atoms with E-state index in [-0.39, 0.29) is 5.56 Å². The van der Waals surface area contributed by atoms with Crippen molar-refractivity contribution < 1.29 is 19.7 Å². The lowest BCUT2D eigenvalue weighted by atomic mass is 10.0. The van der Waals surface area contributed by atoms with Gasteiger partial charge in [0.1, 0.15) is 11.9 Å². The molecular weight excluding hydrogens is 234 g/mol. The predicted octanol–water partition coefficient (Wildman–Crippen LogP) is 0.228. The fraction of sp³-hybridized carbons (Fsp3) is 0.300. The summed E-state index contributed by atoms with van der Waals surface area (Å²) in [5, 5.41) is 19.3. The molecule has 0 aliphatic carbocycles. The van der Waals surface area contributed by atoms with Gasteiger partial charge in [-0.15, -0.1) is 0 Å². The molecule has 1 aromatic carbocycles. The number of amides is 1. The first-order valence-corrected chi connectivity index (χ1v) is 4.83. The molecule has 0 aliphatic heterocycles. The zero-order valence-corrected chi connectivity index (χ0v) is 9.31. The first kappa shape index (κ1) is 12.8. The lowest BCUT2D eigenvalue weighted by molar-refractivity contribution is -0.131. The van der Waals surface area contributed by atoms with E-state index in [4.69, 9.17) is 22.1 Å². The molecule has 16 heavy (non-hydrogen) atoms. The van der Waals surface area contributed by atoms with Crippen LogP contribution in [0, 0.1) is 0 Å². The first-order chi connectivity index (χ1) is 7.45. The van der Waals surface area contributed by atoms with Crippen molar-refractivity contribution in [1.82, 2.24) is 0 Å². The van der Waals surface area contributed by atoms with Crippen LogP contribution in [-0.4, -0.2) is 29.3 Å². The third kappa shape index (κ3) is 2.85. The highest BCUT2D eigenvalue weighted by Gasteiger charge is 2.24. The molecule has 0 aromatic heterocycles. The van der Waals surface area contributed by atoms with E-state index in [9.17, 15) is 15.0 Å². The normalized spacial score (nSPS) is 14.2. The Labute approximate surface area is 97.4 Å². The smallest absolute Gasteiger partial charge is 0.249 e. The van der Waals surface area contributed by atoms with E-state index >= 15 is 0 Å². The molecule has 4 N–H and O–H groups in total. The number of benzene rings is 1. The molecule has 0 bridgehead atoms. The molecule has 0 spiro atoms. The minimum atomic E-state index is -1.68. The second-order valence-corrected chi connectivity index (χ2v) is 3.65. The summed E-state index contributed by atoms with van der Waals surface area (Å²) in [5.41, 5.74) is 5.13. The van der Waals surface area contributed by atoms with Crippen LogP contribution in [0.1, 0.15) is 11.7 Å². The van der Waals surface area contributed by atoms with E-state index in [1.807, 2.05) is 0 Å². The minimum absolute atomic E-state index is 0.260. The number of carbonyl (C=O) groups is 1. The highest BCUT2D eigenvalue weighted by molar-refractivity contribution is 6.30. The number of ether oxygens (including phenoxy) is 1. The van der Waals surface area contributed by atoms with Gasteiger partial charge in [-0.05, 0) is 23.8 Å². The molecule has 0 saturated heterocycles. The fourth-order valence-corrected chi connectivity index (χ4v) is 1.44. The van der Waals surface area contributed by atoms with E-state index in [1.165, 1.54) is 25.3 Å². The summed E-state index contributed by atoms with van der Waals surface area (Å²) in [6, 6.07) is 4.41. The quantitative estimate of drug-likeness (QED) is 0.708. The van der Waals surface area contributed by atoms with Gasteiger partial charge in [-0.3, -0.25) is 4.79 Å². The van der Waals surface area contributed by atoms with Gasteiger partial charge >= 0.3 is 0 Å². The Balaban J connectivity index is 3.03. The maximum absolute atomic E-state index is 10.7. The second kappa shape index (κ2) is 5.16. The van der Waals surface area contributed by atoms with Crippen molar-refractivity contribution >= 4 is 17.5 Å². The highest BCUT2D eigenvalue weighted by Crippen LogP contribution is 2.26. The third-order valence-electron chi connectivity index (χ3n) is 2.06. The van der Waals surface area contributed by atoms with Crippen LogP contribution >= 0.6 is 11.6 Å². The molecule has 1 amide bonds. The number of hydrogen-bond acceptors (Lipinski definition) is 4. The van der Waals surface area contributed by atoms with E-state index in [0.717, 1.165) is 0 Å². The topological polar surface area (TPSA) is 92.8 Å². The number of hydrogen-bond donors (Lipinski definition) is 3. The third-order valence-corrected chi connectivity index (χ3v) is 2.28. The van der Waals surface area contributed by atoms with Crippen LogP contribution in [0.4, 0.5) is 0 Å². The highest BCUT2D eigenvalue weighted by atomic mass is 35.5. The van der Waals surface area contributed by atoms with Crippen molar-refractivity contribution in [3.05, 3.63) is 28.8 Å². The summed E-state index contributed by atoms with van der Waals surface area (Å²) in [6.45, 7) is 0.